The Hall–Kier alpha value is -2.24. The number of oxime groups is 1. The minimum absolute atomic E-state index is 0.0924. The van der Waals surface area contributed by atoms with E-state index in [9.17, 15) is 4.79 Å². The highest BCUT2D eigenvalue weighted by Crippen LogP contribution is 2.13. The number of nitrogens with two attached hydrogens (primary N) is 1. The van der Waals surface area contributed by atoms with Gasteiger partial charge in [0.05, 0.1) is 0 Å². The average molecular weight is 236 g/mol. The highest BCUT2D eigenvalue weighted by atomic mass is 16.4. The Morgan fingerprint density at radius 1 is 1.47 bits per heavy atom. The lowest BCUT2D eigenvalue weighted by molar-refractivity contribution is 0.248. The third-order valence-electron chi connectivity index (χ3n) is 2.25. The molecule has 0 radical (unpaired) electrons. The number of amidine groups is 1. The number of para-hydroxylation sites is 1. The first kappa shape index (κ1) is 12.8. The van der Waals surface area contributed by atoms with E-state index in [0.29, 0.717) is 13.0 Å². The predicted molar refractivity (Wildman–Crippen MR) is 66.3 cm³/mol. The van der Waals surface area contributed by atoms with E-state index in [1.165, 1.54) is 4.90 Å². The number of rotatable bonds is 4. The maximum absolute atomic E-state index is 11.7. The van der Waals surface area contributed by atoms with Gasteiger partial charge in [0.15, 0.2) is 0 Å². The molecule has 1 aromatic rings. The van der Waals surface area contributed by atoms with E-state index < -0.39 is 0 Å². The van der Waals surface area contributed by atoms with Crippen LogP contribution in [-0.2, 0) is 0 Å². The molecule has 0 aliphatic rings. The fourth-order valence-corrected chi connectivity index (χ4v) is 1.37. The number of carbonyl (C=O) groups is 1. The molecule has 0 heterocycles. The highest BCUT2D eigenvalue weighted by Gasteiger charge is 2.13. The van der Waals surface area contributed by atoms with Crippen molar-refractivity contribution in [3.05, 3.63) is 30.3 Å². The van der Waals surface area contributed by atoms with Gasteiger partial charge in [-0.3, -0.25) is 4.90 Å². The second-order valence-corrected chi connectivity index (χ2v) is 3.38. The van der Waals surface area contributed by atoms with Gasteiger partial charge in [-0.15, -0.1) is 0 Å². The van der Waals surface area contributed by atoms with Crippen LogP contribution in [0.25, 0.3) is 0 Å². The molecule has 17 heavy (non-hydrogen) atoms. The fourth-order valence-electron chi connectivity index (χ4n) is 1.37. The summed E-state index contributed by atoms with van der Waals surface area (Å²) in [6.45, 7) is 0.347. The van der Waals surface area contributed by atoms with E-state index in [2.05, 4.69) is 10.5 Å². The van der Waals surface area contributed by atoms with Gasteiger partial charge in [-0.05, 0) is 12.1 Å². The number of nitrogens with one attached hydrogen (secondary N) is 1. The van der Waals surface area contributed by atoms with Gasteiger partial charge in [-0.25, -0.2) is 4.79 Å². The molecule has 0 spiro atoms. The number of hydrogen-bond acceptors (Lipinski definition) is 3. The molecule has 1 aromatic carbocycles. The molecule has 6 heteroatoms. The summed E-state index contributed by atoms with van der Waals surface area (Å²) in [5, 5.41) is 13.9. The van der Waals surface area contributed by atoms with Crippen LogP contribution in [0.2, 0.25) is 0 Å². The topological polar surface area (TPSA) is 91.0 Å². The Bertz CT molecular complexity index is 392. The van der Waals surface area contributed by atoms with Gasteiger partial charge >= 0.3 is 6.03 Å². The van der Waals surface area contributed by atoms with Gasteiger partial charge in [0, 0.05) is 25.7 Å². The maximum atomic E-state index is 11.7. The second kappa shape index (κ2) is 6.37. The molecular formula is C11H16N4O2. The van der Waals surface area contributed by atoms with Gasteiger partial charge in [0.1, 0.15) is 5.84 Å². The van der Waals surface area contributed by atoms with Crippen molar-refractivity contribution >= 4 is 17.6 Å². The van der Waals surface area contributed by atoms with Crippen molar-refractivity contribution < 1.29 is 10.0 Å². The van der Waals surface area contributed by atoms with Gasteiger partial charge in [-0.1, -0.05) is 23.4 Å². The van der Waals surface area contributed by atoms with Crippen LogP contribution < -0.4 is 16.0 Å². The van der Waals surface area contributed by atoms with E-state index in [0.717, 1.165) is 5.69 Å². The van der Waals surface area contributed by atoms with Crippen LogP contribution in [0.4, 0.5) is 10.5 Å². The van der Waals surface area contributed by atoms with Gasteiger partial charge < -0.3 is 16.3 Å². The molecule has 6 nitrogen and oxygen atoms in total. The van der Waals surface area contributed by atoms with Crippen molar-refractivity contribution in [1.29, 1.82) is 0 Å². The minimum atomic E-state index is -0.234. The zero-order chi connectivity index (χ0) is 12.7. The summed E-state index contributed by atoms with van der Waals surface area (Å²) in [7, 11) is 1.56. The number of nitrogens with zero attached hydrogens (tertiary/aromatic N) is 2. The Balaban J connectivity index is 2.78. The number of anilines is 1. The number of urea groups is 1. The van der Waals surface area contributed by atoms with Crippen molar-refractivity contribution in [3.63, 3.8) is 0 Å². The molecule has 1 rings (SSSR count). The van der Waals surface area contributed by atoms with E-state index in [1.807, 2.05) is 30.3 Å². The van der Waals surface area contributed by atoms with Crippen molar-refractivity contribution in [3.8, 4) is 0 Å². The predicted octanol–water partition coefficient (Wildman–Crippen LogP) is 0.969. The third kappa shape index (κ3) is 3.67. The molecular weight excluding hydrogens is 220 g/mol. The molecule has 2 amide bonds. The molecule has 0 bridgehead atoms. The summed E-state index contributed by atoms with van der Waals surface area (Å²) in [4.78, 5) is 13.2. The van der Waals surface area contributed by atoms with E-state index in [-0.39, 0.29) is 11.9 Å². The van der Waals surface area contributed by atoms with E-state index >= 15 is 0 Å². The van der Waals surface area contributed by atoms with Crippen LogP contribution in [0, 0.1) is 0 Å². The number of benzene rings is 1. The van der Waals surface area contributed by atoms with Crippen molar-refractivity contribution in [2.24, 2.45) is 10.9 Å². The molecule has 0 atom stereocenters. The monoisotopic (exact) mass is 236 g/mol. The lowest BCUT2D eigenvalue weighted by Gasteiger charge is -2.21. The Morgan fingerprint density at radius 2 is 2.12 bits per heavy atom. The molecule has 92 valence electrons. The van der Waals surface area contributed by atoms with Crippen LogP contribution in [0.5, 0.6) is 0 Å². The lowest BCUT2D eigenvalue weighted by Crippen LogP contribution is -2.40. The zero-order valence-electron chi connectivity index (χ0n) is 9.63. The summed E-state index contributed by atoms with van der Waals surface area (Å²) in [5.41, 5.74) is 6.14. The van der Waals surface area contributed by atoms with Crippen molar-refractivity contribution in [2.75, 3.05) is 18.5 Å². The summed E-state index contributed by atoms with van der Waals surface area (Å²) in [6.07, 6.45) is 0.304. The molecule has 0 aliphatic heterocycles. The first-order valence-corrected chi connectivity index (χ1v) is 5.19. The van der Waals surface area contributed by atoms with Gasteiger partial charge in [0.25, 0.3) is 0 Å². The van der Waals surface area contributed by atoms with E-state index in [1.54, 1.807) is 7.05 Å². The molecule has 0 unspecified atom stereocenters. The molecule has 0 fully saturated rings. The third-order valence-corrected chi connectivity index (χ3v) is 2.25. The average Bonchev–Trinajstić information content (AvgIpc) is 2.39. The van der Waals surface area contributed by atoms with Crippen LogP contribution in [0.3, 0.4) is 0 Å². The highest BCUT2D eigenvalue weighted by molar-refractivity contribution is 5.92. The number of amides is 2. The minimum Gasteiger partial charge on any atom is -0.409 e. The normalized spacial score (nSPS) is 11.0. The van der Waals surface area contributed by atoms with Gasteiger partial charge in [-0.2, -0.15) is 0 Å². The quantitative estimate of drug-likeness (QED) is 0.315. The smallest absolute Gasteiger partial charge is 0.321 e. The fraction of sp³-hybridized carbons (Fsp3) is 0.273. The van der Waals surface area contributed by atoms with Gasteiger partial charge in [0.2, 0.25) is 0 Å². The second-order valence-electron chi connectivity index (χ2n) is 3.38. The van der Waals surface area contributed by atoms with Crippen LogP contribution >= 0.6 is 0 Å². The van der Waals surface area contributed by atoms with Crippen LogP contribution in [0.1, 0.15) is 6.42 Å². The summed E-state index contributed by atoms with van der Waals surface area (Å²) < 4.78 is 0. The number of hydrogen-bond donors (Lipinski definition) is 3. The number of carbonyl (C=O) groups excluding carboxylic acids is 1. The standard InChI is InChI=1S/C11H16N4O2/c1-13-11(16)15(8-7-10(12)14-17)9-5-3-2-4-6-9/h2-6,17H,7-8H2,1H3,(H2,12,14)(H,13,16). The Kier molecular flexibility index (Phi) is 4.80. The molecule has 4 N–H and O–H groups in total. The summed E-state index contributed by atoms with van der Waals surface area (Å²) >= 11 is 0. The lowest BCUT2D eigenvalue weighted by atomic mass is 10.2. The summed E-state index contributed by atoms with van der Waals surface area (Å²) in [6, 6.07) is 8.96. The van der Waals surface area contributed by atoms with Crippen LogP contribution in [0.15, 0.2) is 35.5 Å². The van der Waals surface area contributed by atoms with Crippen LogP contribution in [-0.4, -0.2) is 30.7 Å². The molecule has 0 aromatic heterocycles. The zero-order valence-corrected chi connectivity index (χ0v) is 9.63. The maximum Gasteiger partial charge on any atom is 0.321 e. The van der Waals surface area contributed by atoms with Crippen molar-refractivity contribution in [1.82, 2.24) is 5.32 Å². The first-order valence-electron chi connectivity index (χ1n) is 5.19. The summed E-state index contributed by atoms with van der Waals surface area (Å²) in [5.74, 6) is 0.0924. The molecule has 0 saturated heterocycles. The van der Waals surface area contributed by atoms with E-state index in [4.69, 9.17) is 10.9 Å². The Morgan fingerprint density at radius 3 is 2.65 bits per heavy atom. The molecule has 0 saturated carbocycles. The largest absolute Gasteiger partial charge is 0.409 e. The molecule has 0 aliphatic carbocycles. The SMILES string of the molecule is CNC(=O)N(CC/C(N)=N/O)c1ccccc1. The van der Waals surface area contributed by atoms with Crippen molar-refractivity contribution in [2.45, 2.75) is 6.42 Å². The first-order chi connectivity index (χ1) is 8.19. The Labute approximate surface area is 99.7 Å².